The molecule has 1 N–H and O–H groups in total. The number of anilines is 2. The minimum Gasteiger partial charge on any atom is -0.467 e. The first kappa shape index (κ1) is 21.0. The predicted molar refractivity (Wildman–Crippen MR) is 124 cm³/mol. The van der Waals surface area contributed by atoms with Gasteiger partial charge >= 0.3 is 0 Å². The van der Waals surface area contributed by atoms with Crippen LogP contribution < -0.4 is 10.2 Å². The summed E-state index contributed by atoms with van der Waals surface area (Å²) in [4.78, 5) is 31.2. The number of amides is 2. The number of hydrogen-bond donors (Lipinski definition) is 1. The van der Waals surface area contributed by atoms with Crippen LogP contribution >= 0.6 is 11.8 Å². The first-order chi connectivity index (χ1) is 16.1. The maximum absolute atomic E-state index is 13.4. The maximum Gasteiger partial charge on any atom is 0.244 e. The van der Waals surface area contributed by atoms with E-state index < -0.39 is 5.25 Å². The lowest BCUT2D eigenvalue weighted by Crippen LogP contribution is -2.45. The largest absolute Gasteiger partial charge is 0.467 e. The van der Waals surface area contributed by atoms with E-state index in [1.165, 1.54) is 16.7 Å². The van der Waals surface area contributed by atoms with Crippen LogP contribution in [0.2, 0.25) is 0 Å². The third kappa shape index (κ3) is 4.24. The van der Waals surface area contributed by atoms with Gasteiger partial charge in [0.1, 0.15) is 12.3 Å². The Hall–Kier alpha value is -3.92. The number of furan rings is 1. The Balaban J connectivity index is 1.44. The zero-order valence-corrected chi connectivity index (χ0v) is 18.5. The standard InChI is InChI=1S/C23H20N6O3S/c1-15(22(31)28-14-20(30)25-18-8-2-3-9-19(18)28)33-23-27-26-21(16-6-4-10-24-12-16)29(23)13-17-7-5-11-32-17/h2-12,15H,13-14H2,1H3,(H,25,30)/t15-/m1/s1. The van der Waals surface area contributed by atoms with E-state index in [1.54, 1.807) is 31.6 Å². The molecule has 1 aromatic carbocycles. The van der Waals surface area contributed by atoms with Crippen LogP contribution in [0.15, 0.2) is 76.8 Å². The molecular weight excluding hydrogens is 440 g/mol. The van der Waals surface area contributed by atoms with Gasteiger partial charge in [-0.1, -0.05) is 23.9 Å². The Kier molecular flexibility index (Phi) is 5.66. The average Bonchev–Trinajstić information content (AvgIpc) is 3.49. The summed E-state index contributed by atoms with van der Waals surface area (Å²) in [6.07, 6.45) is 5.02. The lowest BCUT2D eigenvalue weighted by atomic mass is 10.2. The van der Waals surface area contributed by atoms with Crippen LogP contribution in [0.1, 0.15) is 12.7 Å². The molecule has 3 aromatic heterocycles. The minimum atomic E-state index is -0.509. The van der Waals surface area contributed by atoms with Gasteiger partial charge in [-0.15, -0.1) is 10.2 Å². The third-order valence-corrected chi connectivity index (χ3v) is 6.27. The van der Waals surface area contributed by atoms with Crippen molar-refractivity contribution in [2.75, 3.05) is 16.8 Å². The normalized spacial score (nSPS) is 14.0. The van der Waals surface area contributed by atoms with E-state index in [9.17, 15) is 9.59 Å². The predicted octanol–water partition coefficient (Wildman–Crippen LogP) is 3.45. The fourth-order valence-corrected chi connectivity index (χ4v) is 4.55. The van der Waals surface area contributed by atoms with Crippen molar-refractivity contribution < 1.29 is 14.0 Å². The molecule has 33 heavy (non-hydrogen) atoms. The summed E-state index contributed by atoms with van der Waals surface area (Å²) in [5, 5.41) is 11.6. The molecule has 1 atom stereocenters. The number of fused-ring (bicyclic) bond motifs is 1. The number of para-hydroxylation sites is 2. The summed E-state index contributed by atoms with van der Waals surface area (Å²) in [5.41, 5.74) is 2.12. The fourth-order valence-electron chi connectivity index (χ4n) is 3.64. The Labute approximate surface area is 193 Å². The molecule has 0 bridgehead atoms. The smallest absolute Gasteiger partial charge is 0.244 e. The molecule has 166 valence electrons. The van der Waals surface area contributed by atoms with Gasteiger partial charge in [-0.05, 0) is 43.3 Å². The molecular formula is C23H20N6O3S. The summed E-state index contributed by atoms with van der Waals surface area (Å²) in [5.74, 6) is 0.962. The quantitative estimate of drug-likeness (QED) is 0.439. The van der Waals surface area contributed by atoms with Crippen LogP contribution in [0, 0.1) is 0 Å². The number of benzene rings is 1. The van der Waals surface area contributed by atoms with Crippen molar-refractivity contribution in [2.45, 2.75) is 23.9 Å². The van der Waals surface area contributed by atoms with Gasteiger partial charge in [0.25, 0.3) is 0 Å². The summed E-state index contributed by atoms with van der Waals surface area (Å²) in [6, 6.07) is 14.7. The van der Waals surface area contributed by atoms with Gasteiger partial charge in [-0.3, -0.25) is 24.0 Å². The van der Waals surface area contributed by atoms with Crippen molar-refractivity contribution >= 4 is 35.0 Å². The monoisotopic (exact) mass is 460 g/mol. The van der Waals surface area contributed by atoms with Crippen LogP contribution in [-0.2, 0) is 16.1 Å². The fraction of sp³-hybridized carbons (Fsp3) is 0.174. The second kappa shape index (κ2) is 8.91. The zero-order valence-electron chi connectivity index (χ0n) is 17.7. The molecule has 9 nitrogen and oxygen atoms in total. The van der Waals surface area contributed by atoms with Crippen molar-refractivity contribution in [1.82, 2.24) is 19.7 Å². The Morgan fingerprint density at radius 1 is 1.18 bits per heavy atom. The number of nitrogens with one attached hydrogen (secondary N) is 1. The van der Waals surface area contributed by atoms with E-state index in [1.807, 2.05) is 47.0 Å². The van der Waals surface area contributed by atoms with Crippen molar-refractivity contribution in [3.05, 3.63) is 72.9 Å². The van der Waals surface area contributed by atoms with E-state index >= 15 is 0 Å². The number of rotatable bonds is 6. The summed E-state index contributed by atoms with van der Waals surface area (Å²) < 4.78 is 7.43. The van der Waals surface area contributed by atoms with Crippen molar-refractivity contribution in [2.24, 2.45) is 0 Å². The second-order valence-corrected chi connectivity index (χ2v) is 8.77. The number of hydrogen-bond acceptors (Lipinski definition) is 7. The highest BCUT2D eigenvalue weighted by atomic mass is 32.2. The lowest BCUT2D eigenvalue weighted by molar-refractivity contribution is -0.121. The molecule has 10 heteroatoms. The molecule has 0 aliphatic carbocycles. The number of aromatic nitrogens is 4. The second-order valence-electron chi connectivity index (χ2n) is 7.46. The molecule has 1 aliphatic rings. The molecule has 0 spiro atoms. The number of carbonyl (C=O) groups is 2. The first-order valence-corrected chi connectivity index (χ1v) is 11.2. The molecule has 4 aromatic rings. The van der Waals surface area contributed by atoms with Crippen LogP contribution in [0.3, 0.4) is 0 Å². The van der Waals surface area contributed by atoms with E-state index in [2.05, 4.69) is 20.5 Å². The molecule has 0 radical (unpaired) electrons. The highest BCUT2D eigenvalue weighted by Crippen LogP contribution is 2.33. The van der Waals surface area contributed by atoms with E-state index in [-0.39, 0.29) is 18.4 Å². The molecule has 0 saturated heterocycles. The summed E-state index contributed by atoms with van der Waals surface area (Å²) in [7, 11) is 0. The highest BCUT2D eigenvalue weighted by Gasteiger charge is 2.31. The number of nitrogens with zero attached hydrogens (tertiary/aromatic N) is 5. The lowest BCUT2D eigenvalue weighted by Gasteiger charge is -2.30. The van der Waals surface area contributed by atoms with Gasteiger partial charge in [-0.25, -0.2) is 0 Å². The van der Waals surface area contributed by atoms with Crippen LogP contribution in [0.25, 0.3) is 11.4 Å². The highest BCUT2D eigenvalue weighted by molar-refractivity contribution is 8.00. The Morgan fingerprint density at radius 2 is 2.06 bits per heavy atom. The maximum atomic E-state index is 13.4. The van der Waals surface area contributed by atoms with Gasteiger partial charge in [0.2, 0.25) is 11.8 Å². The van der Waals surface area contributed by atoms with E-state index in [0.717, 1.165) is 11.3 Å². The van der Waals surface area contributed by atoms with Gasteiger partial charge in [0, 0.05) is 18.0 Å². The summed E-state index contributed by atoms with van der Waals surface area (Å²) in [6.45, 7) is 2.18. The molecule has 0 fully saturated rings. The van der Waals surface area contributed by atoms with E-state index in [4.69, 9.17) is 4.42 Å². The first-order valence-electron chi connectivity index (χ1n) is 10.3. The molecule has 2 amide bonds. The SMILES string of the molecule is C[C@@H](Sc1nnc(-c2cccnc2)n1Cc1ccco1)C(=O)N1CC(=O)Nc2ccccc21. The molecule has 1 aliphatic heterocycles. The van der Waals surface area contributed by atoms with Gasteiger partial charge < -0.3 is 9.73 Å². The Morgan fingerprint density at radius 3 is 2.85 bits per heavy atom. The minimum absolute atomic E-state index is 0.0270. The molecule has 4 heterocycles. The van der Waals surface area contributed by atoms with E-state index in [0.29, 0.717) is 28.9 Å². The van der Waals surface area contributed by atoms with Crippen molar-refractivity contribution in [1.29, 1.82) is 0 Å². The number of pyridine rings is 1. The number of thioether (sulfide) groups is 1. The topological polar surface area (TPSA) is 106 Å². The van der Waals surface area contributed by atoms with Gasteiger partial charge in [-0.2, -0.15) is 0 Å². The summed E-state index contributed by atoms with van der Waals surface area (Å²) >= 11 is 1.29. The van der Waals surface area contributed by atoms with Gasteiger partial charge in [0.05, 0.1) is 29.4 Å². The van der Waals surface area contributed by atoms with Crippen molar-refractivity contribution in [3.8, 4) is 11.4 Å². The number of carbonyl (C=O) groups excluding carboxylic acids is 2. The van der Waals surface area contributed by atoms with Crippen LogP contribution in [0.5, 0.6) is 0 Å². The average molecular weight is 461 g/mol. The zero-order chi connectivity index (χ0) is 22.8. The van der Waals surface area contributed by atoms with Crippen LogP contribution in [-0.4, -0.2) is 43.4 Å². The molecule has 5 rings (SSSR count). The Bertz CT molecular complexity index is 1290. The third-order valence-electron chi connectivity index (χ3n) is 5.20. The van der Waals surface area contributed by atoms with Gasteiger partial charge in [0.15, 0.2) is 11.0 Å². The molecule has 0 saturated carbocycles. The van der Waals surface area contributed by atoms with Crippen molar-refractivity contribution in [3.63, 3.8) is 0 Å². The molecule has 0 unspecified atom stereocenters. The van der Waals surface area contributed by atoms with Crippen LogP contribution in [0.4, 0.5) is 11.4 Å².